The SMILES string of the molecule is COc1cc(OCCC[SH](=O)=O)ccc1B1OC(C)(C)C(C)(C)O1. The molecule has 24 heavy (non-hydrogen) atoms. The van der Waals surface area contributed by atoms with Crippen molar-refractivity contribution in [3.63, 3.8) is 0 Å². The van der Waals surface area contributed by atoms with Gasteiger partial charge in [-0.1, -0.05) is 6.07 Å². The van der Waals surface area contributed by atoms with Crippen LogP contribution < -0.4 is 14.9 Å². The zero-order chi connectivity index (χ0) is 18.0. The van der Waals surface area contributed by atoms with Gasteiger partial charge in [-0.2, -0.15) is 0 Å². The van der Waals surface area contributed by atoms with Crippen LogP contribution in [0, 0.1) is 0 Å². The van der Waals surface area contributed by atoms with E-state index in [1.165, 1.54) is 0 Å². The lowest BCUT2D eigenvalue weighted by Gasteiger charge is -2.32. The average molecular weight is 356 g/mol. The van der Waals surface area contributed by atoms with Crippen molar-refractivity contribution in [2.45, 2.75) is 45.3 Å². The summed E-state index contributed by atoms with van der Waals surface area (Å²) in [6.07, 6.45) is 0.458. The fourth-order valence-electron chi connectivity index (χ4n) is 2.33. The minimum atomic E-state index is -2.36. The smallest absolute Gasteiger partial charge is 0.497 e. The van der Waals surface area contributed by atoms with Crippen LogP contribution in [0.5, 0.6) is 11.5 Å². The highest BCUT2D eigenvalue weighted by atomic mass is 32.2. The molecule has 0 atom stereocenters. The first kappa shape index (κ1) is 19.1. The minimum absolute atomic E-state index is 0.123. The van der Waals surface area contributed by atoms with Crippen molar-refractivity contribution in [3.8, 4) is 11.5 Å². The molecule has 1 heterocycles. The Labute approximate surface area is 145 Å². The lowest BCUT2D eigenvalue weighted by Crippen LogP contribution is -2.41. The second-order valence-corrected chi connectivity index (χ2v) is 7.86. The van der Waals surface area contributed by atoms with Gasteiger partial charge in [0.05, 0.1) is 30.7 Å². The molecule has 6 nitrogen and oxygen atoms in total. The summed E-state index contributed by atoms with van der Waals surface area (Å²) >= 11 is 0. The zero-order valence-corrected chi connectivity index (χ0v) is 15.7. The summed E-state index contributed by atoms with van der Waals surface area (Å²) in [6, 6.07) is 5.42. The molecular weight excluding hydrogens is 331 g/mol. The number of methoxy groups -OCH3 is 1. The van der Waals surface area contributed by atoms with Crippen molar-refractivity contribution in [2.24, 2.45) is 0 Å². The molecule has 1 aliphatic rings. The van der Waals surface area contributed by atoms with Gasteiger partial charge in [-0.3, -0.25) is 0 Å². The number of thiol groups is 1. The van der Waals surface area contributed by atoms with Crippen LogP contribution in [0.25, 0.3) is 0 Å². The standard InChI is InChI=1S/C16H25BO6S/c1-15(2)16(3,4)23-17(22-15)13-8-7-12(11-14(13)20-5)21-9-6-10-24(18)19/h7-8,11,24H,6,9-10H2,1-5H3. The second kappa shape index (κ2) is 7.33. The molecule has 1 aromatic rings. The average Bonchev–Trinajstić information content (AvgIpc) is 2.71. The van der Waals surface area contributed by atoms with E-state index in [4.69, 9.17) is 18.8 Å². The maximum absolute atomic E-state index is 10.5. The first-order valence-electron chi connectivity index (χ1n) is 7.94. The molecule has 0 aliphatic carbocycles. The van der Waals surface area contributed by atoms with Crippen LogP contribution in [-0.4, -0.2) is 46.2 Å². The van der Waals surface area contributed by atoms with E-state index in [9.17, 15) is 8.42 Å². The van der Waals surface area contributed by atoms with E-state index in [-0.39, 0.29) is 5.75 Å². The van der Waals surface area contributed by atoms with Crippen LogP contribution in [0.1, 0.15) is 34.1 Å². The van der Waals surface area contributed by atoms with E-state index in [0.29, 0.717) is 24.5 Å². The van der Waals surface area contributed by atoms with E-state index >= 15 is 0 Å². The Bertz CT molecular complexity index is 632. The molecule has 1 fully saturated rings. The number of hydrogen-bond donors (Lipinski definition) is 1. The second-order valence-electron chi connectivity index (χ2n) is 6.75. The minimum Gasteiger partial charge on any atom is -0.497 e. The third-order valence-corrected chi connectivity index (χ3v) is 5.15. The Morgan fingerprint density at radius 1 is 1.12 bits per heavy atom. The van der Waals surface area contributed by atoms with E-state index in [2.05, 4.69) is 0 Å². The lowest BCUT2D eigenvalue weighted by atomic mass is 9.78. The third kappa shape index (κ3) is 4.23. The van der Waals surface area contributed by atoms with Crippen molar-refractivity contribution >= 4 is 23.3 Å². The molecular formula is C16H25BO6S. The first-order chi connectivity index (χ1) is 11.2. The number of rotatable bonds is 7. The molecule has 1 aromatic carbocycles. The highest BCUT2D eigenvalue weighted by molar-refractivity contribution is 7.72. The summed E-state index contributed by atoms with van der Waals surface area (Å²) in [7, 11) is -1.29. The highest BCUT2D eigenvalue weighted by Gasteiger charge is 2.52. The number of benzene rings is 1. The Morgan fingerprint density at radius 3 is 2.29 bits per heavy atom. The normalized spacial score (nSPS) is 18.8. The van der Waals surface area contributed by atoms with Crippen LogP contribution in [-0.2, 0) is 20.0 Å². The molecule has 0 aromatic heterocycles. The van der Waals surface area contributed by atoms with Gasteiger partial charge in [0.1, 0.15) is 22.2 Å². The Balaban J connectivity index is 2.10. The van der Waals surface area contributed by atoms with Crippen LogP contribution in [0.3, 0.4) is 0 Å². The van der Waals surface area contributed by atoms with Crippen molar-refractivity contribution in [1.29, 1.82) is 0 Å². The number of hydrogen-bond acceptors (Lipinski definition) is 6. The predicted octanol–water partition coefficient (Wildman–Crippen LogP) is 1.37. The Hall–Kier alpha value is -1.25. The summed E-state index contributed by atoms with van der Waals surface area (Å²) in [6.45, 7) is 8.33. The quantitative estimate of drug-likeness (QED) is 0.452. The van der Waals surface area contributed by atoms with Gasteiger partial charge in [0, 0.05) is 11.5 Å². The van der Waals surface area contributed by atoms with Gasteiger partial charge in [-0.05, 0) is 40.2 Å². The fourth-order valence-corrected chi connectivity index (χ4v) is 2.72. The van der Waals surface area contributed by atoms with E-state index in [1.54, 1.807) is 19.2 Å². The molecule has 0 unspecified atom stereocenters. The summed E-state index contributed by atoms with van der Waals surface area (Å²) in [4.78, 5) is 0. The summed E-state index contributed by atoms with van der Waals surface area (Å²) in [5.74, 6) is 1.35. The van der Waals surface area contributed by atoms with Gasteiger partial charge in [0.2, 0.25) is 0 Å². The van der Waals surface area contributed by atoms with Crippen molar-refractivity contribution in [3.05, 3.63) is 18.2 Å². The molecule has 2 rings (SSSR count). The molecule has 134 valence electrons. The van der Waals surface area contributed by atoms with Crippen LogP contribution in [0.15, 0.2) is 18.2 Å². The molecule has 1 saturated heterocycles. The Kier molecular flexibility index (Phi) is 5.83. The van der Waals surface area contributed by atoms with Gasteiger partial charge in [0.25, 0.3) is 0 Å². The van der Waals surface area contributed by atoms with Gasteiger partial charge in [-0.25, -0.2) is 8.42 Å². The third-order valence-electron chi connectivity index (χ3n) is 4.47. The van der Waals surface area contributed by atoms with Crippen molar-refractivity contribution in [1.82, 2.24) is 0 Å². The summed E-state index contributed by atoms with van der Waals surface area (Å²) < 4.78 is 44.2. The summed E-state index contributed by atoms with van der Waals surface area (Å²) in [5, 5.41) is 0. The largest absolute Gasteiger partial charge is 0.498 e. The van der Waals surface area contributed by atoms with E-state index in [1.807, 2.05) is 33.8 Å². The van der Waals surface area contributed by atoms with Gasteiger partial charge >= 0.3 is 7.12 Å². The molecule has 0 N–H and O–H groups in total. The van der Waals surface area contributed by atoms with E-state index < -0.39 is 29.0 Å². The maximum Gasteiger partial charge on any atom is 0.498 e. The Morgan fingerprint density at radius 2 is 1.75 bits per heavy atom. The topological polar surface area (TPSA) is 71.1 Å². The number of ether oxygens (including phenoxy) is 2. The van der Waals surface area contributed by atoms with Gasteiger partial charge in [0.15, 0.2) is 0 Å². The van der Waals surface area contributed by atoms with Crippen molar-refractivity contribution < 1.29 is 27.2 Å². The molecule has 0 bridgehead atoms. The zero-order valence-electron chi connectivity index (χ0n) is 14.8. The molecule has 0 radical (unpaired) electrons. The molecule has 1 aliphatic heterocycles. The molecule has 0 spiro atoms. The predicted molar refractivity (Wildman–Crippen MR) is 94.0 cm³/mol. The van der Waals surface area contributed by atoms with Crippen molar-refractivity contribution in [2.75, 3.05) is 19.5 Å². The van der Waals surface area contributed by atoms with Crippen LogP contribution in [0.2, 0.25) is 0 Å². The highest BCUT2D eigenvalue weighted by Crippen LogP contribution is 2.37. The van der Waals surface area contributed by atoms with Gasteiger partial charge in [-0.15, -0.1) is 0 Å². The maximum atomic E-state index is 10.5. The van der Waals surface area contributed by atoms with Crippen LogP contribution >= 0.6 is 0 Å². The van der Waals surface area contributed by atoms with E-state index in [0.717, 1.165) is 5.46 Å². The summed E-state index contributed by atoms with van der Waals surface area (Å²) in [5.41, 5.74) is -0.0501. The lowest BCUT2D eigenvalue weighted by molar-refractivity contribution is 0.00578. The monoisotopic (exact) mass is 356 g/mol. The molecule has 0 saturated carbocycles. The molecule has 0 amide bonds. The fraction of sp³-hybridized carbons (Fsp3) is 0.625. The molecule has 8 heteroatoms. The first-order valence-corrected chi connectivity index (χ1v) is 9.31. The van der Waals surface area contributed by atoms with Gasteiger partial charge < -0.3 is 18.8 Å². The van der Waals surface area contributed by atoms with Crippen LogP contribution in [0.4, 0.5) is 0 Å².